The van der Waals surface area contributed by atoms with Crippen LogP contribution in [0, 0.1) is 6.92 Å². The van der Waals surface area contributed by atoms with E-state index in [1.165, 1.54) is 0 Å². The zero-order valence-corrected chi connectivity index (χ0v) is 5.44. The minimum absolute atomic E-state index is 0.250. The molecule has 0 aliphatic carbocycles. The summed E-state index contributed by atoms with van der Waals surface area (Å²) in [5.74, 6) is 0.822. The number of rotatable bonds is 0. The molecule has 1 rings (SSSR count). The Bertz CT molecular complexity index is 204. The first kappa shape index (κ1) is 8.46. The third kappa shape index (κ3) is 4.61. The molecule has 0 N–H and O–H groups in total. The van der Waals surface area contributed by atoms with Gasteiger partial charge in [0.25, 0.3) is 0 Å². The van der Waals surface area contributed by atoms with Gasteiger partial charge in [0.15, 0.2) is 0 Å². The van der Waals surface area contributed by atoms with Crippen LogP contribution >= 0.6 is 0 Å². The van der Waals surface area contributed by atoms with Crippen LogP contribution < -0.4 is 0 Å². The second-order valence-corrected chi connectivity index (χ2v) is 1.38. The Kier molecular flexibility index (Phi) is 4.73. The number of carbonyl (C=O) groups excluding carboxylic acids is 2. The van der Waals surface area contributed by atoms with Crippen molar-refractivity contribution in [1.29, 1.82) is 0 Å². The zero-order valence-electron chi connectivity index (χ0n) is 5.44. The number of aromatic nitrogens is 2. The van der Waals surface area contributed by atoms with Crippen molar-refractivity contribution in [2.24, 2.45) is 0 Å². The summed E-state index contributed by atoms with van der Waals surface area (Å²) in [4.78, 5) is 24.0. The molecular formula is C6H6N2O2. The molecule has 0 aliphatic rings. The van der Waals surface area contributed by atoms with E-state index >= 15 is 0 Å². The van der Waals surface area contributed by atoms with Crippen LogP contribution in [-0.2, 0) is 9.59 Å². The van der Waals surface area contributed by atoms with Crippen molar-refractivity contribution < 1.29 is 9.59 Å². The average Bonchev–Trinajstić information content (AvgIpc) is 1.91. The lowest BCUT2D eigenvalue weighted by Crippen LogP contribution is -1.80. The van der Waals surface area contributed by atoms with Crippen molar-refractivity contribution in [3.05, 3.63) is 24.3 Å². The van der Waals surface area contributed by atoms with Crippen LogP contribution in [-0.4, -0.2) is 16.1 Å². The number of nitrogens with zero attached hydrogens (tertiary/aromatic N) is 2. The molecule has 4 nitrogen and oxygen atoms in total. The van der Waals surface area contributed by atoms with Gasteiger partial charge in [0.05, 0.1) is 0 Å². The van der Waals surface area contributed by atoms with Gasteiger partial charge in [-0.05, 0) is 13.0 Å². The lowest BCUT2D eigenvalue weighted by atomic mass is 10.6. The molecule has 0 radical (unpaired) electrons. The monoisotopic (exact) mass is 138 g/mol. The topological polar surface area (TPSA) is 59.9 Å². The first-order chi connectivity index (χ1) is 4.81. The molecule has 1 aromatic heterocycles. The van der Waals surface area contributed by atoms with Crippen LogP contribution in [0.25, 0.3) is 0 Å². The van der Waals surface area contributed by atoms with Crippen LogP contribution in [0.5, 0.6) is 0 Å². The standard InChI is InChI=1S/C5H6N2.CO2/c1-5-6-3-2-4-7-5;2-1-3/h2-4H,1H3;. The zero-order chi connectivity index (χ0) is 7.82. The van der Waals surface area contributed by atoms with Gasteiger partial charge in [-0.3, -0.25) is 0 Å². The molecule has 0 atom stereocenters. The van der Waals surface area contributed by atoms with Crippen molar-refractivity contribution in [1.82, 2.24) is 9.97 Å². The van der Waals surface area contributed by atoms with Crippen molar-refractivity contribution in [3.8, 4) is 0 Å². The van der Waals surface area contributed by atoms with Gasteiger partial charge < -0.3 is 0 Å². The van der Waals surface area contributed by atoms with E-state index in [2.05, 4.69) is 9.97 Å². The number of hydrogen-bond acceptors (Lipinski definition) is 4. The predicted molar refractivity (Wildman–Crippen MR) is 31.8 cm³/mol. The third-order valence-electron chi connectivity index (χ3n) is 0.695. The fourth-order valence-corrected chi connectivity index (χ4v) is 0.374. The second kappa shape index (κ2) is 5.59. The van der Waals surface area contributed by atoms with Crippen molar-refractivity contribution >= 4 is 6.15 Å². The maximum absolute atomic E-state index is 8.12. The molecule has 52 valence electrons. The van der Waals surface area contributed by atoms with Gasteiger partial charge in [-0.15, -0.1) is 0 Å². The SMILES string of the molecule is Cc1ncccn1.O=C=O. The maximum Gasteiger partial charge on any atom is 0.373 e. The van der Waals surface area contributed by atoms with Gasteiger partial charge in [-0.2, -0.15) is 9.59 Å². The van der Waals surface area contributed by atoms with Gasteiger partial charge in [0.2, 0.25) is 0 Å². The Morgan fingerprint density at radius 1 is 1.30 bits per heavy atom. The van der Waals surface area contributed by atoms with E-state index in [0.717, 1.165) is 5.82 Å². The summed E-state index contributed by atoms with van der Waals surface area (Å²) in [7, 11) is 0. The van der Waals surface area contributed by atoms with Crippen molar-refractivity contribution in [2.45, 2.75) is 6.92 Å². The largest absolute Gasteiger partial charge is 0.373 e. The highest BCUT2D eigenvalue weighted by Crippen LogP contribution is 1.78. The van der Waals surface area contributed by atoms with Crippen LogP contribution in [0.1, 0.15) is 5.82 Å². The summed E-state index contributed by atoms with van der Waals surface area (Å²) in [6, 6.07) is 1.80. The van der Waals surface area contributed by atoms with Gasteiger partial charge in [0.1, 0.15) is 5.82 Å². The quantitative estimate of drug-likeness (QED) is 0.513. The molecule has 0 saturated carbocycles. The molecule has 0 unspecified atom stereocenters. The molecule has 0 aromatic carbocycles. The summed E-state index contributed by atoms with van der Waals surface area (Å²) < 4.78 is 0. The highest BCUT2D eigenvalue weighted by Gasteiger charge is 1.74. The fraction of sp³-hybridized carbons (Fsp3) is 0.167. The third-order valence-corrected chi connectivity index (χ3v) is 0.695. The van der Waals surface area contributed by atoms with Gasteiger partial charge in [-0.25, -0.2) is 9.97 Å². The first-order valence-corrected chi connectivity index (χ1v) is 2.54. The maximum atomic E-state index is 8.12. The molecule has 1 aromatic rings. The Morgan fingerprint density at radius 2 is 1.70 bits per heavy atom. The summed E-state index contributed by atoms with van der Waals surface area (Å²) >= 11 is 0. The van der Waals surface area contributed by atoms with Crippen LogP contribution in [0.15, 0.2) is 18.5 Å². The van der Waals surface area contributed by atoms with Crippen molar-refractivity contribution in [3.63, 3.8) is 0 Å². The first-order valence-electron chi connectivity index (χ1n) is 2.54. The summed E-state index contributed by atoms with van der Waals surface area (Å²) in [6.45, 7) is 1.86. The van der Waals surface area contributed by atoms with Crippen LogP contribution in [0.3, 0.4) is 0 Å². The Hall–Kier alpha value is -1.54. The molecule has 0 spiro atoms. The van der Waals surface area contributed by atoms with Gasteiger partial charge in [0, 0.05) is 12.4 Å². The molecule has 10 heavy (non-hydrogen) atoms. The van der Waals surface area contributed by atoms with E-state index in [1.807, 2.05) is 6.92 Å². The van der Waals surface area contributed by atoms with E-state index in [4.69, 9.17) is 9.59 Å². The van der Waals surface area contributed by atoms with Crippen LogP contribution in [0.2, 0.25) is 0 Å². The summed E-state index contributed by atoms with van der Waals surface area (Å²) in [5, 5.41) is 0. The smallest absolute Gasteiger partial charge is 0.242 e. The highest BCUT2D eigenvalue weighted by atomic mass is 16.2. The molecule has 0 fully saturated rings. The predicted octanol–water partition coefficient (Wildman–Crippen LogP) is 0.202. The molecule has 1 heterocycles. The van der Waals surface area contributed by atoms with E-state index in [-0.39, 0.29) is 6.15 Å². The molecular weight excluding hydrogens is 132 g/mol. The molecule has 0 saturated heterocycles. The minimum Gasteiger partial charge on any atom is -0.242 e. The summed E-state index contributed by atoms with van der Waals surface area (Å²) in [5.41, 5.74) is 0. The van der Waals surface area contributed by atoms with Crippen LogP contribution in [0.4, 0.5) is 0 Å². The number of hydrogen-bond donors (Lipinski definition) is 0. The molecule has 0 amide bonds. The lowest BCUT2D eigenvalue weighted by Gasteiger charge is -1.81. The highest BCUT2D eigenvalue weighted by molar-refractivity contribution is 5.20. The minimum atomic E-state index is 0.250. The van der Waals surface area contributed by atoms with E-state index in [1.54, 1.807) is 18.5 Å². The molecule has 4 heteroatoms. The molecule has 0 aliphatic heterocycles. The Morgan fingerprint density at radius 3 is 1.90 bits per heavy atom. The number of aryl methyl sites for hydroxylation is 1. The van der Waals surface area contributed by atoms with E-state index in [0.29, 0.717) is 0 Å². The normalized spacial score (nSPS) is 6.90. The van der Waals surface area contributed by atoms with E-state index < -0.39 is 0 Å². The molecule has 0 bridgehead atoms. The average molecular weight is 138 g/mol. The van der Waals surface area contributed by atoms with E-state index in [9.17, 15) is 0 Å². The lowest BCUT2D eigenvalue weighted by molar-refractivity contribution is -0.191. The Balaban J connectivity index is 0.000000236. The summed E-state index contributed by atoms with van der Waals surface area (Å²) in [6.07, 6.45) is 3.70. The van der Waals surface area contributed by atoms with Gasteiger partial charge >= 0.3 is 6.15 Å². The van der Waals surface area contributed by atoms with Crippen molar-refractivity contribution in [2.75, 3.05) is 0 Å². The fourth-order valence-electron chi connectivity index (χ4n) is 0.374. The Labute approximate surface area is 57.9 Å². The van der Waals surface area contributed by atoms with Gasteiger partial charge in [-0.1, -0.05) is 0 Å². The second-order valence-electron chi connectivity index (χ2n) is 1.38.